The minimum absolute atomic E-state index is 0.108. The van der Waals surface area contributed by atoms with E-state index >= 15 is 0 Å². The third kappa shape index (κ3) is 9.05. The summed E-state index contributed by atoms with van der Waals surface area (Å²) >= 11 is 12.2. The number of aliphatic hydroxyl groups is 1. The Balaban J connectivity index is 1.21. The van der Waals surface area contributed by atoms with Crippen LogP contribution in [0.15, 0.2) is 62.0 Å². The van der Waals surface area contributed by atoms with E-state index in [1.807, 2.05) is 0 Å². The predicted octanol–water partition coefficient (Wildman–Crippen LogP) is 1.05. The Hall–Kier alpha value is -2.38. The highest BCUT2D eigenvalue weighted by atomic mass is 35.5. The third-order valence-corrected chi connectivity index (χ3v) is 13.6. The topological polar surface area (TPSA) is 326 Å². The van der Waals surface area contributed by atoms with Crippen LogP contribution >= 0.6 is 54.5 Å². The molecule has 27 heteroatoms. The zero-order valence-corrected chi connectivity index (χ0v) is 30.6. The van der Waals surface area contributed by atoms with Gasteiger partial charge in [-0.3, -0.25) is 27.6 Å². The van der Waals surface area contributed by atoms with E-state index in [9.17, 15) is 52.5 Å². The maximum absolute atomic E-state index is 12.5. The van der Waals surface area contributed by atoms with Crippen LogP contribution in [0.25, 0.3) is 0 Å². The number of rotatable bonds is 12. The van der Waals surface area contributed by atoms with Crippen molar-refractivity contribution < 1.29 is 74.5 Å². The highest BCUT2D eigenvalue weighted by molar-refractivity contribution is 7.68. The lowest BCUT2D eigenvalue weighted by molar-refractivity contribution is -0.253. The molecular formula is C24H22Cl2N4O17P4-4. The highest BCUT2D eigenvalue weighted by Gasteiger charge is 2.41. The zero-order valence-electron chi connectivity index (χ0n) is 25.6. The number of carbonyl (C=O) groups is 1. The summed E-state index contributed by atoms with van der Waals surface area (Å²) in [6.07, 6.45) is -1.86. The average molecular weight is 833 g/mol. The first kappa shape index (κ1) is 39.8. The van der Waals surface area contributed by atoms with Gasteiger partial charge in [-0.15, -0.1) is 0 Å². The van der Waals surface area contributed by atoms with E-state index in [1.165, 1.54) is 24.4 Å². The van der Waals surface area contributed by atoms with Crippen LogP contribution in [0.2, 0.25) is 0 Å². The number of nitrogens with two attached hydrogens (primary N) is 1. The van der Waals surface area contributed by atoms with E-state index < -0.39 is 79.0 Å². The molecule has 1 aromatic heterocycles. The van der Waals surface area contributed by atoms with Gasteiger partial charge >= 0.3 is 13.5 Å². The van der Waals surface area contributed by atoms with E-state index in [2.05, 4.69) is 32.0 Å². The van der Waals surface area contributed by atoms with Gasteiger partial charge in [0.25, 0.3) is 23.5 Å². The quantitative estimate of drug-likeness (QED) is 0.223. The number of nitrogen functional groups attached to an aromatic ring is 1. The summed E-state index contributed by atoms with van der Waals surface area (Å²) in [5.74, 6) is -1.36. The average Bonchev–Trinajstić information content (AvgIpc) is 3.32. The first-order chi connectivity index (χ1) is 23.4. The molecule has 1 saturated heterocycles. The van der Waals surface area contributed by atoms with Gasteiger partial charge in [0.15, 0.2) is 0 Å². The van der Waals surface area contributed by atoms with Gasteiger partial charge in [-0.25, -0.2) is 22.7 Å². The summed E-state index contributed by atoms with van der Waals surface area (Å²) in [6, 6.07) is 4.65. The van der Waals surface area contributed by atoms with Gasteiger partial charge in [0.05, 0.1) is 34.2 Å². The van der Waals surface area contributed by atoms with Crippen LogP contribution in [0.1, 0.15) is 32.1 Å². The number of phosphoric ester groups is 2. The maximum atomic E-state index is 12.5. The number of hydrogen-bond donors (Lipinski definition) is 2. The minimum Gasteiger partial charge on any atom is -0.756 e. The molecule has 7 atom stereocenters. The molecule has 0 bridgehead atoms. The summed E-state index contributed by atoms with van der Waals surface area (Å²) < 4.78 is 75.3. The van der Waals surface area contributed by atoms with Gasteiger partial charge in [-0.1, -0.05) is 37.0 Å². The third-order valence-electron chi connectivity index (χ3n) is 7.24. The van der Waals surface area contributed by atoms with Crippen LogP contribution in [0.4, 0.5) is 11.5 Å². The molecular weight excluding hydrogens is 811 g/mol. The number of hydrogen-bond acceptors (Lipinski definition) is 20. The zero-order chi connectivity index (χ0) is 37.9. The lowest BCUT2D eigenvalue weighted by Crippen LogP contribution is -2.32. The van der Waals surface area contributed by atoms with Crippen LogP contribution in [-0.2, 0) is 50.7 Å². The van der Waals surface area contributed by atoms with Crippen molar-refractivity contribution in [2.45, 2.75) is 44.1 Å². The molecule has 1 fully saturated rings. The molecule has 3 N–H and O–H groups in total. The van der Waals surface area contributed by atoms with Gasteiger partial charge < -0.3 is 44.2 Å². The molecule has 51 heavy (non-hydrogen) atoms. The molecule has 1 aliphatic carbocycles. The van der Waals surface area contributed by atoms with Crippen LogP contribution in [-0.4, -0.2) is 45.0 Å². The Labute approximate surface area is 296 Å². The lowest BCUT2D eigenvalue weighted by atomic mass is 9.71. The fraction of sp³-hybridized carbons (Fsp3) is 0.333. The molecule has 1 aromatic carbocycles. The number of phosphoric acid groups is 4. The Morgan fingerprint density at radius 2 is 1.65 bits per heavy atom. The lowest BCUT2D eigenvalue weighted by Gasteiger charge is -2.37. The predicted molar refractivity (Wildman–Crippen MR) is 166 cm³/mol. The van der Waals surface area contributed by atoms with E-state index in [0.29, 0.717) is 0 Å². The second-order valence-electron chi connectivity index (χ2n) is 11.2. The number of Topliss-reactive ketones (excluding diaryl/α,β-unsaturated/α-hetero) is 1. The van der Waals surface area contributed by atoms with Crippen molar-refractivity contribution in [3.63, 3.8) is 0 Å². The molecule has 278 valence electrons. The summed E-state index contributed by atoms with van der Waals surface area (Å²) in [5.41, 5.74) is 4.46. The number of aromatic nitrogens is 2. The Kier molecular flexibility index (Phi) is 11.0. The van der Waals surface area contributed by atoms with Gasteiger partial charge in [-0.2, -0.15) is 4.98 Å². The van der Waals surface area contributed by atoms with E-state index in [-0.39, 0.29) is 44.8 Å². The molecule has 0 radical (unpaired) electrons. The smallest absolute Gasteiger partial charge is 0.351 e. The molecule has 2 aliphatic heterocycles. The number of allylic oxidation sites excluding steroid dienone is 4. The maximum Gasteiger partial charge on any atom is 0.351 e. The number of ketones is 1. The van der Waals surface area contributed by atoms with Crippen molar-refractivity contribution in [2.24, 2.45) is 4.99 Å². The number of aliphatic imine (C=N–C) groups is 1. The van der Waals surface area contributed by atoms with Gasteiger partial charge in [-0.05, 0) is 35.9 Å². The fourth-order valence-corrected chi connectivity index (χ4v) is 10.5. The van der Waals surface area contributed by atoms with Crippen LogP contribution in [0.5, 0.6) is 5.75 Å². The molecule has 7 unspecified atom stereocenters. The van der Waals surface area contributed by atoms with Crippen LogP contribution in [0.3, 0.4) is 0 Å². The second-order valence-corrected chi connectivity index (χ2v) is 18.0. The second kappa shape index (κ2) is 14.1. The van der Waals surface area contributed by atoms with Crippen LogP contribution in [0, 0.1) is 0 Å². The highest BCUT2D eigenvalue weighted by Crippen LogP contribution is 2.67. The van der Waals surface area contributed by atoms with Crippen molar-refractivity contribution in [2.75, 3.05) is 12.3 Å². The molecule has 2 aromatic rings. The van der Waals surface area contributed by atoms with E-state index in [4.69, 9.17) is 33.7 Å². The standard InChI is InChI=1S/C24H26Cl2N4O17P4/c1-24(2)12-7-11(3-4-14(12)28-15-8-13(25)22(32)21(26)20(15)24)44-49(36,37)46-51(40,41)47-50(38,39)45-48(34,35)42-10-17-16(31)9-19(43-17)30-6-5-18(27)29-23(30)33/h3-8,16-17,19,31H,9-10H2,1-2H3,(H,34,35)(H,36,37)(H,38,39)(H,40,41)(H2,27,29,33)/p-4. The summed E-state index contributed by atoms with van der Waals surface area (Å²) in [6.45, 7) is 2.13. The van der Waals surface area contributed by atoms with Gasteiger partial charge in [0.1, 0.15) is 23.9 Å². The molecule has 21 nitrogen and oxygen atoms in total. The Morgan fingerprint density at radius 1 is 1.02 bits per heavy atom. The molecule has 0 spiro atoms. The minimum atomic E-state index is -6.53. The van der Waals surface area contributed by atoms with Crippen molar-refractivity contribution in [1.29, 1.82) is 0 Å². The van der Waals surface area contributed by atoms with Crippen molar-refractivity contribution in [3.8, 4) is 5.75 Å². The van der Waals surface area contributed by atoms with Crippen molar-refractivity contribution in [1.82, 2.24) is 9.55 Å². The largest absolute Gasteiger partial charge is 0.756 e. The first-order valence-electron chi connectivity index (χ1n) is 13.8. The number of carbonyl (C=O) groups excluding carboxylic acids is 1. The number of fused-ring (bicyclic) bond motifs is 2. The van der Waals surface area contributed by atoms with Crippen LogP contribution < -0.4 is 35.5 Å². The van der Waals surface area contributed by atoms with Gasteiger partial charge in [0, 0.05) is 23.6 Å². The SMILES string of the molecule is CC1(C)C2=C(Cl)C(=O)C(Cl)=CC2=Nc2ccc(OP(=O)([O-])OP(=O)([O-])OP(=O)([O-])OP(=O)([O-])OCC3OC(n4ccc(N)nc4=O)CC3O)cc21. The summed E-state index contributed by atoms with van der Waals surface area (Å²) in [4.78, 5) is 81.2. The molecule has 3 heterocycles. The van der Waals surface area contributed by atoms with E-state index in [0.717, 1.165) is 16.7 Å². The number of anilines is 1. The molecule has 3 aliphatic rings. The fourth-order valence-electron chi connectivity index (χ4n) is 5.12. The summed E-state index contributed by atoms with van der Waals surface area (Å²) in [7, 11) is -25.1. The Bertz CT molecular complexity index is 2160. The van der Waals surface area contributed by atoms with Crippen molar-refractivity contribution in [3.05, 3.63) is 68.2 Å². The number of aliphatic hydroxyl groups excluding tert-OH is 1. The molecule has 5 rings (SSSR count). The Morgan fingerprint density at radius 3 is 2.29 bits per heavy atom. The van der Waals surface area contributed by atoms with Gasteiger partial charge in [0.2, 0.25) is 5.78 Å². The number of nitrogens with zero attached hydrogens (tertiary/aromatic N) is 3. The summed E-state index contributed by atoms with van der Waals surface area (Å²) in [5, 5.41) is 9.76. The number of benzene rings is 1. The monoisotopic (exact) mass is 832 g/mol. The normalized spacial score (nSPS) is 26.1. The first-order valence-corrected chi connectivity index (χ1v) is 20.4. The number of ether oxygens (including phenoxy) is 1. The van der Waals surface area contributed by atoms with Crippen molar-refractivity contribution >= 4 is 77.5 Å². The van der Waals surface area contributed by atoms with E-state index in [1.54, 1.807) is 13.8 Å². The number of halogens is 2. The molecule has 0 amide bonds. The molecule has 0 saturated carbocycles.